The molecule has 31 heavy (non-hydrogen) atoms. The number of aromatic nitrogens is 1. The molecule has 162 valence electrons. The van der Waals surface area contributed by atoms with Crippen molar-refractivity contribution in [2.75, 3.05) is 7.05 Å². The molecule has 1 heterocycles. The van der Waals surface area contributed by atoms with Crippen LogP contribution >= 0.6 is 0 Å². The number of nitrogens with two attached hydrogens (primary N) is 1. The molecule has 8 heteroatoms. The van der Waals surface area contributed by atoms with Gasteiger partial charge in [0.15, 0.2) is 12.3 Å². The van der Waals surface area contributed by atoms with E-state index in [4.69, 9.17) is 21.3 Å². The zero-order valence-corrected chi connectivity index (χ0v) is 17.8. The number of aliphatic imine (C=N–C) groups is 1. The smallest absolute Gasteiger partial charge is 0.248 e. The molecule has 0 aliphatic carbocycles. The Hall–Kier alpha value is -4.07. The Bertz CT molecular complexity index is 955. The first-order chi connectivity index (χ1) is 14.9. The minimum absolute atomic E-state index is 0.221. The topological polar surface area (TPSA) is 137 Å². The summed E-state index contributed by atoms with van der Waals surface area (Å²) >= 11 is 0. The summed E-state index contributed by atoms with van der Waals surface area (Å²) in [5.41, 5.74) is 8.24. The molecule has 0 saturated heterocycles. The lowest BCUT2D eigenvalue weighted by atomic mass is 10.1. The zero-order chi connectivity index (χ0) is 23.1. The molecule has 0 saturated carbocycles. The van der Waals surface area contributed by atoms with E-state index in [-0.39, 0.29) is 11.6 Å². The summed E-state index contributed by atoms with van der Waals surface area (Å²) in [5.74, 6) is 0.122. The molecule has 0 spiro atoms. The van der Waals surface area contributed by atoms with E-state index in [2.05, 4.69) is 21.9 Å². The van der Waals surface area contributed by atoms with Crippen LogP contribution in [0.4, 0.5) is 0 Å². The normalized spacial score (nSPS) is 12.5. The SMILES string of the molecule is C=C(/C=C\C(=C/C)CC/C(=N/C)OC=N)NC(=O)/C=C/c1cnccc1C(=N)/C=C\N. The molecule has 0 unspecified atom stereocenters. The van der Waals surface area contributed by atoms with E-state index in [1.54, 1.807) is 37.7 Å². The van der Waals surface area contributed by atoms with Gasteiger partial charge >= 0.3 is 0 Å². The molecule has 0 fully saturated rings. The maximum Gasteiger partial charge on any atom is 0.248 e. The Morgan fingerprint density at radius 1 is 1.32 bits per heavy atom. The van der Waals surface area contributed by atoms with Crippen LogP contribution < -0.4 is 11.1 Å². The summed E-state index contributed by atoms with van der Waals surface area (Å²) in [6.45, 7) is 5.75. The molecule has 0 atom stereocenters. The van der Waals surface area contributed by atoms with Crippen molar-refractivity contribution in [3.05, 3.63) is 84.0 Å². The van der Waals surface area contributed by atoms with Gasteiger partial charge in [0.1, 0.15) is 0 Å². The van der Waals surface area contributed by atoms with E-state index < -0.39 is 0 Å². The minimum atomic E-state index is -0.354. The summed E-state index contributed by atoms with van der Waals surface area (Å²) in [6.07, 6.45) is 16.4. The van der Waals surface area contributed by atoms with Crippen LogP contribution in [0.3, 0.4) is 0 Å². The molecule has 1 aromatic heterocycles. The number of allylic oxidation sites excluding steroid dienone is 5. The number of pyridine rings is 1. The first kappa shape index (κ1) is 25.0. The van der Waals surface area contributed by atoms with Crippen LogP contribution in [-0.4, -0.2) is 35.9 Å². The van der Waals surface area contributed by atoms with Gasteiger partial charge in [0.05, 0.1) is 5.71 Å². The monoisotopic (exact) mass is 420 g/mol. The molecule has 1 amide bonds. The van der Waals surface area contributed by atoms with E-state index in [0.717, 1.165) is 12.0 Å². The molecule has 1 rings (SSSR count). The first-order valence-corrected chi connectivity index (χ1v) is 9.48. The number of nitrogens with zero attached hydrogens (tertiary/aromatic N) is 2. The summed E-state index contributed by atoms with van der Waals surface area (Å²) in [6, 6.07) is 1.68. The number of ether oxygens (including phenoxy) is 1. The Balaban J connectivity index is 2.69. The fourth-order valence-electron chi connectivity index (χ4n) is 2.45. The van der Waals surface area contributed by atoms with Gasteiger partial charge in [0.25, 0.3) is 0 Å². The molecule has 8 nitrogen and oxygen atoms in total. The van der Waals surface area contributed by atoms with Crippen molar-refractivity contribution in [1.82, 2.24) is 10.3 Å². The van der Waals surface area contributed by atoms with Crippen LogP contribution in [0.2, 0.25) is 0 Å². The Morgan fingerprint density at radius 2 is 2.10 bits per heavy atom. The number of hydrogen-bond acceptors (Lipinski definition) is 7. The number of rotatable bonds is 11. The quantitative estimate of drug-likeness (QED) is 0.188. The van der Waals surface area contributed by atoms with Gasteiger partial charge in [0, 0.05) is 48.8 Å². The second-order valence-electron chi connectivity index (χ2n) is 6.13. The van der Waals surface area contributed by atoms with Crippen LogP contribution in [-0.2, 0) is 9.53 Å². The predicted molar refractivity (Wildman–Crippen MR) is 126 cm³/mol. The van der Waals surface area contributed by atoms with Gasteiger partial charge in [-0.1, -0.05) is 24.3 Å². The first-order valence-electron chi connectivity index (χ1n) is 9.48. The fourth-order valence-corrected chi connectivity index (χ4v) is 2.45. The highest BCUT2D eigenvalue weighted by Gasteiger charge is 2.04. The molecule has 1 aromatic rings. The van der Waals surface area contributed by atoms with Crippen LogP contribution in [0.5, 0.6) is 0 Å². The Labute approximate surface area is 182 Å². The van der Waals surface area contributed by atoms with Gasteiger partial charge in [-0.2, -0.15) is 0 Å². The lowest BCUT2D eigenvalue weighted by Crippen LogP contribution is -2.18. The highest BCUT2D eigenvalue weighted by molar-refractivity contribution is 6.09. The predicted octanol–water partition coefficient (Wildman–Crippen LogP) is 3.50. The number of carbonyl (C=O) groups is 1. The van der Waals surface area contributed by atoms with Crippen LogP contribution in [0.15, 0.2) is 77.9 Å². The lowest BCUT2D eigenvalue weighted by molar-refractivity contribution is -0.115. The van der Waals surface area contributed by atoms with Gasteiger partial charge in [0.2, 0.25) is 5.91 Å². The average molecular weight is 421 g/mol. The molecule has 0 aromatic carbocycles. The van der Waals surface area contributed by atoms with E-state index in [0.29, 0.717) is 35.6 Å². The van der Waals surface area contributed by atoms with Crippen LogP contribution in [0.1, 0.15) is 30.9 Å². The van der Waals surface area contributed by atoms with E-state index in [1.165, 1.54) is 18.4 Å². The van der Waals surface area contributed by atoms with Gasteiger partial charge in [-0.05, 0) is 43.8 Å². The van der Waals surface area contributed by atoms with Crippen molar-refractivity contribution in [3.63, 3.8) is 0 Å². The van der Waals surface area contributed by atoms with Gasteiger partial charge in [-0.3, -0.25) is 20.2 Å². The Kier molecular flexibility index (Phi) is 11.3. The largest absolute Gasteiger partial charge is 0.432 e. The minimum Gasteiger partial charge on any atom is -0.432 e. The number of amides is 1. The maximum atomic E-state index is 12.2. The van der Waals surface area contributed by atoms with Gasteiger partial charge in [-0.25, -0.2) is 0 Å². The molecular formula is C23H28N6O2. The highest BCUT2D eigenvalue weighted by Crippen LogP contribution is 2.11. The standard InChI is InChI=1S/C23H28N6O2/c1-4-18(7-10-23(27-3)31-16-25)6-5-17(2)29-22(30)9-8-19-15-28-14-12-20(19)21(26)11-13-24/h4-6,8-9,11-16,25-26H,2,7,10,24H2,1,3H3,(H,29,30)/b6-5-,9-8+,13-11-,18-4+,25-16?,26-21?,27-23-. The van der Waals surface area contributed by atoms with Crippen molar-refractivity contribution in [2.24, 2.45) is 10.7 Å². The Morgan fingerprint density at radius 3 is 2.74 bits per heavy atom. The van der Waals surface area contributed by atoms with E-state index >= 15 is 0 Å². The molecular weight excluding hydrogens is 392 g/mol. The zero-order valence-electron chi connectivity index (χ0n) is 17.8. The third-order valence-corrected chi connectivity index (χ3v) is 4.04. The molecule has 0 aliphatic heterocycles. The molecule has 5 N–H and O–H groups in total. The highest BCUT2D eigenvalue weighted by atomic mass is 16.5. The summed E-state index contributed by atoms with van der Waals surface area (Å²) in [5, 5.41) is 17.6. The third-order valence-electron chi connectivity index (χ3n) is 4.04. The maximum absolute atomic E-state index is 12.2. The summed E-state index contributed by atoms with van der Waals surface area (Å²) in [7, 11) is 1.61. The molecule has 0 radical (unpaired) electrons. The van der Waals surface area contributed by atoms with Crippen LogP contribution in [0.25, 0.3) is 6.08 Å². The lowest BCUT2D eigenvalue weighted by Gasteiger charge is -2.06. The second kappa shape index (κ2) is 14.0. The third kappa shape index (κ3) is 9.31. The van der Waals surface area contributed by atoms with Gasteiger partial charge < -0.3 is 21.2 Å². The molecule has 0 aliphatic rings. The number of carbonyl (C=O) groups excluding carboxylic acids is 1. The summed E-state index contributed by atoms with van der Waals surface area (Å²) < 4.78 is 4.99. The fraction of sp³-hybridized carbons (Fsp3) is 0.174. The molecule has 0 bridgehead atoms. The van der Waals surface area contributed by atoms with E-state index in [1.807, 2.05) is 19.1 Å². The van der Waals surface area contributed by atoms with Crippen molar-refractivity contribution in [1.29, 1.82) is 10.8 Å². The summed E-state index contributed by atoms with van der Waals surface area (Å²) in [4.78, 5) is 20.2. The second-order valence-corrected chi connectivity index (χ2v) is 6.13. The van der Waals surface area contributed by atoms with Crippen molar-refractivity contribution >= 4 is 30.0 Å². The van der Waals surface area contributed by atoms with Gasteiger partial charge in [-0.15, -0.1) is 0 Å². The number of hydrogen-bond donors (Lipinski definition) is 4. The van der Waals surface area contributed by atoms with Crippen molar-refractivity contribution < 1.29 is 9.53 Å². The van der Waals surface area contributed by atoms with Crippen molar-refractivity contribution in [2.45, 2.75) is 19.8 Å². The van der Waals surface area contributed by atoms with E-state index in [9.17, 15) is 4.79 Å². The number of nitrogens with one attached hydrogen (secondary N) is 3. The van der Waals surface area contributed by atoms with Crippen molar-refractivity contribution in [3.8, 4) is 0 Å². The van der Waals surface area contributed by atoms with Crippen LogP contribution in [0, 0.1) is 10.8 Å². The average Bonchev–Trinajstić information content (AvgIpc) is 2.77.